The lowest BCUT2D eigenvalue weighted by Gasteiger charge is -2.10. The summed E-state index contributed by atoms with van der Waals surface area (Å²) in [7, 11) is 1.46. The third-order valence-electron chi connectivity index (χ3n) is 2.78. The van der Waals surface area contributed by atoms with E-state index in [1.807, 2.05) is 6.92 Å². The fraction of sp³-hybridized carbons (Fsp3) is 0.462. The fourth-order valence-electron chi connectivity index (χ4n) is 1.62. The Morgan fingerprint density at radius 3 is 2.45 bits per heavy atom. The molecule has 0 heterocycles. The van der Waals surface area contributed by atoms with E-state index >= 15 is 0 Å². The Bertz CT molecular complexity index is 595. The first-order chi connectivity index (χ1) is 9.27. The summed E-state index contributed by atoms with van der Waals surface area (Å²) in [5, 5.41) is 0. The molecule has 0 bridgehead atoms. The molecule has 0 atom stereocenters. The Morgan fingerprint density at radius 1 is 1.25 bits per heavy atom. The molecule has 0 radical (unpaired) electrons. The van der Waals surface area contributed by atoms with Gasteiger partial charge in [0.2, 0.25) is 0 Å². The predicted octanol–water partition coefficient (Wildman–Crippen LogP) is 2.42. The maximum Gasteiger partial charge on any atom is 0.338 e. The minimum absolute atomic E-state index is 0.0732. The third-order valence-corrected chi connectivity index (χ3v) is 4.23. The van der Waals surface area contributed by atoms with E-state index in [0.717, 1.165) is 0 Å². The van der Waals surface area contributed by atoms with Gasteiger partial charge in [-0.3, -0.25) is 0 Å². The number of halogens is 1. The van der Waals surface area contributed by atoms with Crippen LogP contribution in [0.5, 0.6) is 0 Å². The van der Waals surface area contributed by atoms with Crippen molar-refractivity contribution < 1.29 is 22.7 Å². The van der Waals surface area contributed by atoms with Crippen LogP contribution < -0.4 is 0 Å². The van der Waals surface area contributed by atoms with Crippen molar-refractivity contribution in [2.24, 2.45) is 0 Å². The number of carbonyl (C=O) groups excluding carboxylic acids is 1. The number of hydrogen-bond donors (Lipinski definition) is 0. The maximum atomic E-state index is 11.8. The van der Waals surface area contributed by atoms with Crippen LogP contribution in [0.15, 0.2) is 17.0 Å². The zero-order chi connectivity index (χ0) is 15.3. The molecular formula is C13H17ClO5S. The van der Waals surface area contributed by atoms with Gasteiger partial charge in [0.15, 0.2) is 0 Å². The Morgan fingerprint density at radius 2 is 1.90 bits per heavy atom. The zero-order valence-corrected chi connectivity index (χ0v) is 13.2. The lowest BCUT2D eigenvalue weighted by atomic mass is 10.1. The number of carbonyl (C=O) groups is 1. The normalized spacial score (nSPS) is 11.4. The van der Waals surface area contributed by atoms with Gasteiger partial charge in [-0.25, -0.2) is 13.2 Å². The average molecular weight is 321 g/mol. The van der Waals surface area contributed by atoms with Crippen LogP contribution in [-0.4, -0.2) is 34.2 Å². The predicted molar refractivity (Wildman–Crippen MR) is 75.7 cm³/mol. The quantitative estimate of drug-likeness (QED) is 0.457. The van der Waals surface area contributed by atoms with Crippen molar-refractivity contribution in [1.82, 2.24) is 0 Å². The zero-order valence-electron chi connectivity index (χ0n) is 11.6. The molecule has 112 valence electrons. The summed E-state index contributed by atoms with van der Waals surface area (Å²) in [6.07, 6.45) is 0. The van der Waals surface area contributed by atoms with Crippen LogP contribution in [-0.2, 0) is 18.5 Å². The topological polar surface area (TPSA) is 69.7 Å². The number of esters is 1. The Balaban J connectivity index is 2.97. The monoisotopic (exact) mass is 320 g/mol. The third kappa shape index (κ3) is 4.47. The lowest BCUT2D eigenvalue weighted by Crippen LogP contribution is -2.12. The number of benzene rings is 1. The van der Waals surface area contributed by atoms with E-state index in [9.17, 15) is 13.2 Å². The molecule has 0 N–H and O–H groups in total. The second kappa shape index (κ2) is 7.06. The Hall–Kier alpha value is -1.11. The summed E-state index contributed by atoms with van der Waals surface area (Å²) >= 11 is 0. The summed E-state index contributed by atoms with van der Waals surface area (Å²) in [6.45, 7) is 6.13. The molecule has 1 aromatic carbocycles. The molecule has 0 unspecified atom stereocenters. The van der Waals surface area contributed by atoms with Crippen LogP contribution in [0.4, 0.5) is 0 Å². The Kier molecular flexibility index (Phi) is 5.98. The van der Waals surface area contributed by atoms with Crippen LogP contribution in [0.1, 0.15) is 28.4 Å². The molecule has 0 aliphatic rings. The van der Waals surface area contributed by atoms with Gasteiger partial charge in [-0.05, 0) is 44.0 Å². The highest BCUT2D eigenvalue weighted by Crippen LogP contribution is 2.24. The molecule has 5 nitrogen and oxygen atoms in total. The highest BCUT2D eigenvalue weighted by Gasteiger charge is 2.19. The lowest BCUT2D eigenvalue weighted by molar-refractivity contribution is 0.0335. The van der Waals surface area contributed by atoms with E-state index < -0.39 is 15.0 Å². The molecular weight excluding hydrogens is 304 g/mol. The van der Waals surface area contributed by atoms with Crippen LogP contribution in [0.3, 0.4) is 0 Å². The van der Waals surface area contributed by atoms with Crippen LogP contribution in [0, 0.1) is 13.8 Å². The largest absolute Gasteiger partial charge is 0.460 e. The highest BCUT2D eigenvalue weighted by atomic mass is 35.7. The number of ether oxygens (including phenoxy) is 2. The summed E-state index contributed by atoms with van der Waals surface area (Å²) in [5.41, 5.74) is 1.33. The smallest absolute Gasteiger partial charge is 0.338 e. The van der Waals surface area contributed by atoms with Crippen molar-refractivity contribution in [2.75, 3.05) is 19.8 Å². The molecule has 1 rings (SSSR count). The number of rotatable bonds is 6. The Labute approximate surface area is 123 Å². The molecule has 1 aromatic rings. The molecule has 0 aliphatic heterocycles. The van der Waals surface area contributed by atoms with Gasteiger partial charge in [0.05, 0.1) is 17.1 Å². The van der Waals surface area contributed by atoms with Crippen molar-refractivity contribution in [3.8, 4) is 0 Å². The first-order valence-electron chi connectivity index (χ1n) is 6.08. The summed E-state index contributed by atoms with van der Waals surface area (Å²) < 4.78 is 33.0. The molecule has 20 heavy (non-hydrogen) atoms. The van der Waals surface area contributed by atoms with E-state index in [-0.39, 0.29) is 17.1 Å². The minimum atomic E-state index is -3.90. The molecule has 0 amide bonds. The average Bonchev–Trinajstić information content (AvgIpc) is 2.36. The summed E-state index contributed by atoms with van der Waals surface area (Å²) in [4.78, 5) is 11.8. The highest BCUT2D eigenvalue weighted by molar-refractivity contribution is 8.13. The SMILES string of the molecule is CCOCCOC(=O)c1cc(C)c(C)c(S(=O)(=O)Cl)c1. The van der Waals surface area contributed by atoms with Crippen molar-refractivity contribution in [3.05, 3.63) is 28.8 Å². The van der Waals surface area contributed by atoms with Crippen LogP contribution in [0.25, 0.3) is 0 Å². The molecule has 0 aromatic heterocycles. The van der Waals surface area contributed by atoms with E-state index in [1.165, 1.54) is 6.07 Å². The fourth-order valence-corrected chi connectivity index (χ4v) is 2.89. The van der Waals surface area contributed by atoms with E-state index in [0.29, 0.717) is 24.3 Å². The van der Waals surface area contributed by atoms with Gasteiger partial charge in [-0.2, -0.15) is 0 Å². The van der Waals surface area contributed by atoms with Crippen molar-refractivity contribution in [1.29, 1.82) is 0 Å². The standard InChI is InChI=1S/C13H17ClO5S/c1-4-18-5-6-19-13(15)11-7-9(2)10(3)12(8-11)20(14,16)17/h7-8H,4-6H2,1-3H3. The maximum absolute atomic E-state index is 11.8. The van der Waals surface area contributed by atoms with Crippen LogP contribution >= 0.6 is 10.7 Å². The number of aryl methyl sites for hydroxylation is 1. The first-order valence-corrected chi connectivity index (χ1v) is 8.39. The molecule has 0 spiro atoms. The van der Waals surface area contributed by atoms with Gasteiger partial charge in [0, 0.05) is 17.3 Å². The second-order valence-electron chi connectivity index (χ2n) is 4.19. The summed E-state index contributed by atoms with van der Waals surface area (Å²) in [5.74, 6) is -0.602. The van der Waals surface area contributed by atoms with Gasteiger partial charge >= 0.3 is 5.97 Å². The van der Waals surface area contributed by atoms with Crippen molar-refractivity contribution in [3.63, 3.8) is 0 Å². The molecule has 0 aliphatic carbocycles. The number of hydrogen-bond acceptors (Lipinski definition) is 5. The molecule has 0 saturated carbocycles. The van der Waals surface area contributed by atoms with Gasteiger partial charge in [-0.1, -0.05) is 0 Å². The molecule has 0 fully saturated rings. The summed E-state index contributed by atoms with van der Waals surface area (Å²) in [6, 6.07) is 2.80. The van der Waals surface area contributed by atoms with Gasteiger partial charge < -0.3 is 9.47 Å². The van der Waals surface area contributed by atoms with Gasteiger partial charge in [0.1, 0.15) is 6.61 Å². The first kappa shape index (κ1) is 16.9. The second-order valence-corrected chi connectivity index (χ2v) is 6.72. The van der Waals surface area contributed by atoms with Gasteiger partial charge in [-0.15, -0.1) is 0 Å². The van der Waals surface area contributed by atoms with Gasteiger partial charge in [0.25, 0.3) is 9.05 Å². The molecule has 0 saturated heterocycles. The molecule has 7 heteroatoms. The van der Waals surface area contributed by atoms with Crippen molar-refractivity contribution in [2.45, 2.75) is 25.7 Å². The van der Waals surface area contributed by atoms with E-state index in [2.05, 4.69) is 0 Å². The van der Waals surface area contributed by atoms with E-state index in [4.69, 9.17) is 20.2 Å². The van der Waals surface area contributed by atoms with Crippen LogP contribution in [0.2, 0.25) is 0 Å². The van der Waals surface area contributed by atoms with E-state index in [1.54, 1.807) is 19.9 Å². The van der Waals surface area contributed by atoms with Crippen molar-refractivity contribution >= 4 is 25.7 Å². The minimum Gasteiger partial charge on any atom is -0.460 e.